The first-order chi connectivity index (χ1) is 8.77. The van der Waals surface area contributed by atoms with Crippen LogP contribution in [0.5, 0.6) is 5.88 Å². The monoisotopic (exact) mass is 378 g/mol. The van der Waals surface area contributed by atoms with E-state index in [1.54, 1.807) is 6.20 Å². The largest absolute Gasteiger partial charge is 0.477 e. The molecule has 0 bridgehead atoms. The van der Waals surface area contributed by atoms with Gasteiger partial charge in [-0.05, 0) is 18.9 Å². The molecule has 1 aromatic rings. The van der Waals surface area contributed by atoms with E-state index in [-0.39, 0.29) is 24.0 Å². The topological polar surface area (TPSA) is 72.5 Å². The first-order valence-electron chi connectivity index (χ1n) is 6.38. The lowest BCUT2D eigenvalue weighted by Gasteiger charge is -2.08. The summed E-state index contributed by atoms with van der Waals surface area (Å²) in [6.45, 7) is 6.12. The SMILES string of the molecule is CCCNC(N)=NCc1cccnc1OCCC.I. The van der Waals surface area contributed by atoms with Gasteiger partial charge in [0.2, 0.25) is 5.88 Å². The zero-order valence-electron chi connectivity index (χ0n) is 11.6. The molecule has 0 fully saturated rings. The molecule has 6 heteroatoms. The van der Waals surface area contributed by atoms with E-state index in [1.807, 2.05) is 12.1 Å². The Kier molecular flexibility index (Phi) is 10.2. The summed E-state index contributed by atoms with van der Waals surface area (Å²) in [6.07, 6.45) is 3.70. The molecule has 0 atom stereocenters. The van der Waals surface area contributed by atoms with Crippen molar-refractivity contribution in [3.63, 3.8) is 0 Å². The summed E-state index contributed by atoms with van der Waals surface area (Å²) in [7, 11) is 0. The van der Waals surface area contributed by atoms with Crippen LogP contribution >= 0.6 is 24.0 Å². The van der Waals surface area contributed by atoms with Crippen molar-refractivity contribution < 1.29 is 4.74 Å². The molecule has 0 aromatic carbocycles. The summed E-state index contributed by atoms with van der Waals surface area (Å²) in [4.78, 5) is 8.47. The fourth-order valence-electron chi connectivity index (χ4n) is 1.35. The van der Waals surface area contributed by atoms with E-state index >= 15 is 0 Å². The number of nitrogens with zero attached hydrogens (tertiary/aromatic N) is 2. The number of nitrogens with one attached hydrogen (secondary N) is 1. The summed E-state index contributed by atoms with van der Waals surface area (Å²) in [5, 5.41) is 3.03. The van der Waals surface area contributed by atoms with Crippen molar-refractivity contribution in [2.24, 2.45) is 10.7 Å². The second-order valence-corrected chi connectivity index (χ2v) is 3.94. The first kappa shape index (κ1) is 17.9. The summed E-state index contributed by atoms with van der Waals surface area (Å²) in [5.74, 6) is 1.11. The molecule has 19 heavy (non-hydrogen) atoms. The van der Waals surface area contributed by atoms with Crippen molar-refractivity contribution in [3.8, 4) is 5.88 Å². The van der Waals surface area contributed by atoms with E-state index in [9.17, 15) is 0 Å². The molecule has 0 aliphatic carbocycles. The van der Waals surface area contributed by atoms with Crippen LogP contribution in [0.2, 0.25) is 0 Å². The maximum absolute atomic E-state index is 5.74. The molecule has 0 spiro atoms. The molecule has 0 saturated carbocycles. The van der Waals surface area contributed by atoms with Crippen molar-refractivity contribution >= 4 is 29.9 Å². The average molecular weight is 378 g/mol. The van der Waals surface area contributed by atoms with Crippen LogP contribution in [0, 0.1) is 0 Å². The number of nitrogens with two attached hydrogens (primary N) is 1. The zero-order valence-corrected chi connectivity index (χ0v) is 13.9. The van der Waals surface area contributed by atoms with Crippen LogP contribution in [0.1, 0.15) is 32.3 Å². The van der Waals surface area contributed by atoms with Gasteiger partial charge < -0.3 is 15.8 Å². The molecule has 1 rings (SSSR count). The number of pyridine rings is 1. The van der Waals surface area contributed by atoms with Crippen molar-refractivity contribution in [1.29, 1.82) is 0 Å². The number of hydrogen-bond acceptors (Lipinski definition) is 3. The predicted octanol–water partition coefficient (Wildman–Crippen LogP) is 2.30. The van der Waals surface area contributed by atoms with Gasteiger partial charge in [-0.25, -0.2) is 9.98 Å². The van der Waals surface area contributed by atoms with Gasteiger partial charge in [0.15, 0.2) is 5.96 Å². The Morgan fingerprint density at radius 2 is 2.21 bits per heavy atom. The van der Waals surface area contributed by atoms with Gasteiger partial charge in [0.1, 0.15) is 0 Å². The molecule has 0 unspecified atom stereocenters. The maximum Gasteiger partial charge on any atom is 0.218 e. The molecule has 0 radical (unpaired) electrons. The normalized spacial score (nSPS) is 10.7. The molecule has 0 aliphatic heterocycles. The van der Waals surface area contributed by atoms with Crippen LogP contribution in [-0.2, 0) is 6.54 Å². The summed E-state index contributed by atoms with van der Waals surface area (Å²) in [5.41, 5.74) is 6.69. The van der Waals surface area contributed by atoms with Gasteiger partial charge >= 0.3 is 0 Å². The van der Waals surface area contributed by atoms with Gasteiger partial charge in [-0.3, -0.25) is 0 Å². The molecule has 0 amide bonds. The third-order valence-corrected chi connectivity index (χ3v) is 2.27. The Bertz CT molecular complexity index is 385. The van der Waals surface area contributed by atoms with Gasteiger partial charge in [0, 0.05) is 18.3 Å². The number of halogens is 1. The fourth-order valence-corrected chi connectivity index (χ4v) is 1.35. The Morgan fingerprint density at radius 3 is 2.89 bits per heavy atom. The van der Waals surface area contributed by atoms with E-state index in [0.717, 1.165) is 24.9 Å². The second kappa shape index (κ2) is 10.8. The number of aromatic nitrogens is 1. The van der Waals surface area contributed by atoms with Crippen LogP contribution in [0.3, 0.4) is 0 Å². The zero-order chi connectivity index (χ0) is 13.2. The van der Waals surface area contributed by atoms with Gasteiger partial charge in [-0.1, -0.05) is 19.9 Å². The number of aliphatic imine (C=N–C) groups is 1. The second-order valence-electron chi connectivity index (χ2n) is 3.94. The highest BCUT2D eigenvalue weighted by Gasteiger charge is 2.03. The average Bonchev–Trinajstić information content (AvgIpc) is 2.41. The minimum absolute atomic E-state index is 0. The predicted molar refractivity (Wildman–Crippen MR) is 89.1 cm³/mol. The highest BCUT2D eigenvalue weighted by Crippen LogP contribution is 2.15. The smallest absolute Gasteiger partial charge is 0.218 e. The van der Waals surface area contributed by atoms with E-state index in [4.69, 9.17) is 10.5 Å². The fraction of sp³-hybridized carbons (Fsp3) is 0.538. The van der Waals surface area contributed by atoms with E-state index in [0.29, 0.717) is 25.0 Å². The summed E-state index contributed by atoms with van der Waals surface area (Å²) in [6, 6.07) is 3.83. The lowest BCUT2D eigenvalue weighted by molar-refractivity contribution is 0.302. The third-order valence-electron chi connectivity index (χ3n) is 2.27. The Labute approximate surface area is 132 Å². The first-order valence-corrected chi connectivity index (χ1v) is 6.38. The quantitative estimate of drug-likeness (QED) is 0.434. The third kappa shape index (κ3) is 7.19. The summed E-state index contributed by atoms with van der Waals surface area (Å²) < 4.78 is 5.56. The number of ether oxygens (including phenoxy) is 1. The van der Waals surface area contributed by atoms with Crippen LogP contribution in [-0.4, -0.2) is 24.1 Å². The standard InChI is InChI=1S/C13H22N4O.HI/c1-3-7-16-13(14)17-10-11-6-5-8-15-12(11)18-9-4-2;/h5-6,8H,3-4,7,9-10H2,1-2H3,(H3,14,16,17);1H. The lowest BCUT2D eigenvalue weighted by Crippen LogP contribution is -2.32. The Morgan fingerprint density at radius 1 is 1.42 bits per heavy atom. The Balaban J connectivity index is 0.00000324. The van der Waals surface area contributed by atoms with E-state index in [1.165, 1.54) is 0 Å². The van der Waals surface area contributed by atoms with E-state index in [2.05, 4.69) is 29.1 Å². The van der Waals surface area contributed by atoms with E-state index < -0.39 is 0 Å². The molecule has 1 aromatic heterocycles. The van der Waals surface area contributed by atoms with Crippen molar-refractivity contribution in [2.75, 3.05) is 13.2 Å². The molecule has 3 N–H and O–H groups in total. The van der Waals surface area contributed by atoms with Gasteiger partial charge in [0.05, 0.1) is 13.2 Å². The van der Waals surface area contributed by atoms with Crippen molar-refractivity contribution in [3.05, 3.63) is 23.9 Å². The van der Waals surface area contributed by atoms with Crippen molar-refractivity contribution in [2.45, 2.75) is 33.2 Å². The van der Waals surface area contributed by atoms with Crippen LogP contribution in [0.15, 0.2) is 23.3 Å². The molecule has 0 saturated heterocycles. The van der Waals surface area contributed by atoms with Crippen LogP contribution in [0.4, 0.5) is 0 Å². The summed E-state index contributed by atoms with van der Waals surface area (Å²) >= 11 is 0. The molecule has 5 nitrogen and oxygen atoms in total. The number of hydrogen-bond donors (Lipinski definition) is 2. The minimum Gasteiger partial charge on any atom is -0.477 e. The van der Waals surface area contributed by atoms with Gasteiger partial charge in [0.25, 0.3) is 0 Å². The molecule has 1 heterocycles. The maximum atomic E-state index is 5.74. The highest BCUT2D eigenvalue weighted by atomic mass is 127. The van der Waals surface area contributed by atoms with Gasteiger partial charge in [-0.2, -0.15) is 0 Å². The molecule has 0 aliphatic rings. The molecule has 108 valence electrons. The van der Waals surface area contributed by atoms with Crippen LogP contribution < -0.4 is 15.8 Å². The minimum atomic E-state index is 0. The molecular weight excluding hydrogens is 355 g/mol. The number of rotatable bonds is 7. The highest BCUT2D eigenvalue weighted by molar-refractivity contribution is 14.0. The Hall–Kier alpha value is -1.05. The number of guanidine groups is 1. The lowest BCUT2D eigenvalue weighted by atomic mass is 10.3. The molecular formula is C13H23IN4O. The van der Waals surface area contributed by atoms with Crippen LogP contribution in [0.25, 0.3) is 0 Å². The van der Waals surface area contributed by atoms with Crippen molar-refractivity contribution in [1.82, 2.24) is 10.3 Å². The van der Waals surface area contributed by atoms with Gasteiger partial charge in [-0.15, -0.1) is 24.0 Å².